The van der Waals surface area contributed by atoms with Crippen LogP contribution < -0.4 is 5.56 Å². The zero-order chi connectivity index (χ0) is 7.84. The van der Waals surface area contributed by atoms with Crippen molar-refractivity contribution in [2.24, 2.45) is 0 Å². The van der Waals surface area contributed by atoms with Crippen LogP contribution in [0.3, 0.4) is 0 Å². The minimum Gasteiger partial charge on any atom is -0.278 e. The normalized spacial score (nSPS) is 10.6. The maximum Gasteiger partial charge on any atom is 0.288 e. The second-order valence-electron chi connectivity index (χ2n) is 1.93. The molecule has 0 fully saturated rings. The molecule has 2 heterocycles. The van der Waals surface area contributed by atoms with Gasteiger partial charge in [-0.15, -0.1) is 0 Å². The smallest absolute Gasteiger partial charge is 0.278 e. The summed E-state index contributed by atoms with van der Waals surface area (Å²) in [7, 11) is 0. The van der Waals surface area contributed by atoms with Gasteiger partial charge in [0.05, 0.1) is 6.20 Å². The molecule has 1 N–H and O–H groups in total. The fourth-order valence-electron chi connectivity index (χ4n) is 0.777. The predicted octanol–water partition coefficient (Wildman–Crippen LogP) is 0.180. The first-order chi connectivity index (χ1) is 5.29. The molecule has 0 aromatic carbocycles. The molecule has 2 rings (SSSR count). The van der Waals surface area contributed by atoms with Gasteiger partial charge >= 0.3 is 0 Å². The Labute approximate surface area is 69.2 Å². The molecule has 2 aromatic heterocycles. The fraction of sp³-hybridized carbons (Fsp3) is 0. The van der Waals surface area contributed by atoms with E-state index >= 15 is 0 Å². The van der Waals surface area contributed by atoms with Crippen LogP contribution in [0.15, 0.2) is 21.8 Å². The van der Waals surface area contributed by atoms with Gasteiger partial charge in [-0.25, -0.2) is 9.97 Å². The minimum atomic E-state index is -0.187. The number of halogens is 1. The van der Waals surface area contributed by atoms with Crippen molar-refractivity contribution in [3.63, 3.8) is 0 Å². The van der Waals surface area contributed by atoms with Crippen LogP contribution >= 0.6 is 15.9 Å². The summed E-state index contributed by atoms with van der Waals surface area (Å²) < 4.78 is 1.67. The van der Waals surface area contributed by atoms with Crippen molar-refractivity contribution in [2.45, 2.75) is 0 Å². The molecular formula is C5H3BrN4O. The van der Waals surface area contributed by atoms with Crippen LogP contribution in [-0.4, -0.2) is 19.6 Å². The Morgan fingerprint density at radius 1 is 1.55 bits per heavy atom. The molecule has 0 saturated heterocycles. The minimum absolute atomic E-state index is 0.187. The van der Waals surface area contributed by atoms with E-state index in [-0.39, 0.29) is 5.56 Å². The second-order valence-corrected chi connectivity index (χ2v) is 2.79. The zero-order valence-corrected chi connectivity index (χ0v) is 6.87. The molecule has 0 saturated carbocycles. The molecule has 0 amide bonds. The van der Waals surface area contributed by atoms with Crippen molar-refractivity contribution < 1.29 is 0 Å². The third-order valence-corrected chi connectivity index (χ3v) is 1.81. The molecule has 0 bridgehead atoms. The summed E-state index contributed by atoms with van der Waals surface area (Å²) in [4.78, 5) is 18.9. The first kappa shape index (κ1) is 6.53. The van der Waals surface area contributed by atoms with Crippen LogP contribution in [0.1, 0.15) is 0 Å². The topological polar surface area (TPSA) is 63.0 Å². The van der Waals surface area contributed by atoms with Crippen LogP contribution in [0.4, 0.5) is 0 Å². The highest BCUT2D eigenvalue weighted by Crippen LogP contribution is 1.99. The summed E-state index contributed by atoms with van der Waals surface area (Å²) in [6.07, 6.45) is 2.84. The number of nitrogens with zero attached hydrogens (tertiary/aromatic N) is 3. The van der Waals surface area contributed by atoms with E-state index in [1.54, 1.807) is 0 Å². The highest BCUT2D eigenvalue weighted by Gasteiger charge is 2.01. The van der Waals surface area contributed by atoms with Crippen LogP contribution in [0.5, 0.6) is 0 Å². The third-order valence-electron chi connectivity index (χ3n) is 1.27. The maximum atomic E-state index is 11.2. The van der Waals surface area contributed by atoms with E-state index in [4.69, 9.17) is 0 Å². The number of rotatable bonds is 0. The van der Waals surface area contributed by atoms with E-state index in [1.165, 1.54) is 17.0 Å². The van der Waals surface area contributed by atoms with Gasteiger partial charge in [-0.2, -0.15) is 4.52 Å². The van der Waals surface area contributed by atoms with Crippen LogP contribution in [0.25, 0.3) is 5.78 Å². The van der Waals surface area contributed by atoms with E-state index in [2.05, 4.69) is 31.0 Å². The monoisotopic (exact) mass is 214 g/mol. The molecule has 56 valence electrons. The van der Waals surface area contributed by atoms with Gasteiger partial charge in [0.15, 0.2) is 0 Å². The summed E-state index contributed by atoms with van der Waals surface area (Å²) >= 11 is 3.06. The van der Waals surface area contributed by atoms with E-state index in [0.717, 1.165) is 0 Å². The van der Waals surface area contributed by atoms with Gasteiger partial charge in [-0.1, -0.05) is 0 Å². The lowest BCUT2D eigenvalue weighted by Gasteiger charge is -1.89. The number of fused-ring (bicyclic) bond motifs is 1. The summed E-state index contributed by atoms with van der Waals surface area (Å²) in [5.41, 5.74) is -0.187. The van der Waals surface area contributed by atoms with E-state index in [9.17, 15) is 4.79 Å². The predicted molar refractivity (Wildman–Crippen MR) is 41.3 cm³/mol. The number of H-pyrrole nitrogens is 1. The largest absolute Gasteiger partial charge is 0.288 e. The maximum absolute atomic E-state index is 11.2. The quantitative estimate of drug-likeness (QED) is 0.681. The van der Waals surface area contributed by atoms with Crippen LogP contribution in [0, 0.1) is 0 Å². The van der Waals surface area contributed by atoms with Crippen molar-refractivity contribution in [2.75, 3.05) is 0 Å². The first-order valence-corrected chi connectivity index (χ1v) is 3.65. The van der Waals surface area contributed by atoms with Crippen LogP contribution in [-0.2, 0) is 0 Å². The Kier molecular flexibility index (Phi) is 1.28. The Balaban J connectivity index is 3.05. The van der Waals surface area contributed by atoms with Gasteiger partial charge < -0.3 is 0 Å². The Morgan fingerprint density at radius 2 is 2.36 bits per heavy atom. The van der Waals surface area contributed by atoms with Crippen molar-refractivity contribution >= 4 is 21.7 Å². The van der Waals surface area contributed by atoms with Crippen molar-refractivity contribution in [1.82, 2.24) is 19.6 Å². The molecule has 0 spiro atoms. The number of aromatic amines is 1. The van der Waals surface area contributed by atoms with Crippen molar-refractivity contribution in [3.05, 3.63) is 27.4 Å². The lowest BCUT2D eigenvalue weighted by Crippen LogP contribution is -2.15. The lowest BCUT2D eigenvalue weighted by molar-refractivity contribution is 0.891. The summed E-state index contributed by atoms with van der Waals surface area (Å²) in [5, 5.41) is 2.63. The SMILES string of the molecule is O=c1c(Br)cnc2nc[nH]n12. The third kappa shape index (κ3) is 0.864. The summed E-state index contributed by atoms with van der Waals surface area (Å²) in [5.74, 6) is 0.373. The van der Waals surface area contributed by atoms with Crippen molar-refractivity contribution in [1.29, 1.82) is 0 Å². The van der Waals surface area contributed by atoms with Crippen LogP contribution in [0.2, 0.25) is 0 Å². The van der Waals surface area contributed by atoms with E-state index in [0.29, 0.717) is 10.3 Å². The average molecular weight is 215 g/mol. The van der Waals surface area contributed by atoms with E-state index < -0.39 is 0 Å². The number of hydrogen-bond acceptors (Lipinski definition) is 3. The van der Waals surface area contributed by atoms with Crippen molar-refractivity contribution in [3.8, 4) is 0 Å². The highest BCUT2D eigenvalue weighted by molar-refractivity contribution is 9.10. The Bertz CT molecular complexity index is 445. The Hall–Kier alpha value is -1.17. The number of aromatic nitrogens is 4. The molecule has 0 aliphatic heterocycles. The molecule has 0 aliphatic rings. The average Bonchev–Trinajstić information content (AvgIpc) is 2.45. The van der Waals surface area contributed by atoms with Gasteiger partial charge in [0, 0.05) is 0 Å². The first-order valence-electron chi connectivity index (χ1n) is 2.85. The number of hydrogen-bond donors (Lipinski definition) is 1. The molecule has 0 aliphatic carbocycles. The molecule has 11 heavy (non-hydrogen) atoms. The molecule has 0 unspecified atom stereocenters. The number of nitrogens with one attached hydrogen (secondary N) is 1. The summed E-state index contributed by atoms with van der Waals surface area (Å²) in [6, 6.07) is 0. The van der Waals surface area contributed by atoms with Gasteiger partial charge in [0.2, 0.25) is 0 Å². The zero-order valence-electron chi connectivity index (χ0n) is 5.28. The lowest BCUT2D eigenvalue weighted by atomic mass is 10.7. The molecule has 6 heteroatoms. The molecule has 2 aromatic rings. The molecule has 0 atom stereocenters. The fourth-order valence-corrected chi connectivity index (χ4v) is 1.06. The molecule has 0 radical (unpaired) electrons. The molecular weight excluding hydrogens is 212 g/mol. The Morgan fingerprint density at radius 3 is 3.18 bits per heavy atom. The summed E-state index contributed by atoms with van der Waals surface area (Å²) in [6.45, 7) is 0. The molecule has 5 nitrogen and oxygen atoms in total. The van der Waals surface area contributed by atoms with Gasteiger partial charge in [0.25, 0.3) is 11.3 Å². The van der Waals surface area contributed by atoms with Gasteiger partial charge in [0.1, 0.15) is 10.8 Å². The second kappa shape index (κ2) is 2.16. The highest BCUT2D eigenvalue weighted by atomic mass is 79.9. The standard InChI is InChI=1S/C5H3BrN4O/c6-3-1-7-5-8-2-9-10(5)4(3)11/h1-2H,(H,7,8,9). The van der Waals surface area contributed by atoms with E-state index in [1.807, 2.05) is 0 Å². The van der Waals surface area contributed by atoms with Gasteiger partial charge in [-0.05, 0) is 15.9 Å². The van der Waals surface area contributed by atoms with Gasteiger partial charge in [-0.3, -0.25) is 9.89 Å².